The fraction of sp³-hybridized carbons (Fsp3) is 0.581. The van der Waals surface area contributed by atoms with E-state index in [0.717, 1.165) is 32.1 Å². The van der Waals surface area contributed by atoms with Crippen LogP contribution < -0.4 is 4.74 Å². The molecular formula is C31H46O8. The molecule has 218 valence electrons. The van der Waals surface area contributed by atoms with Gasteiger partial charge in [-0.05, 0) is 90.3 Å². The number of carbonyl (C=O) groups excluding carboxylic acids is 1. The fourth-order valence-corrected chi connectivity index (χ4v) is 4.31. The van der Waals surface area contributed by atoms with Crippen LogP contribution in [0.2, 0.25) is 0 Å². The Bertz CT molecular complexity index is 1060. The van der Waals surface area contributed by atoms with Gasteiger partial charge in [0.1, 0.15) is 29.8 Å². The minimum Gasteiger partial charge on any atom is -0.507 e. The molecule has 0 amide bonds. The summed E-state index contributed by atoms with van der Waals surface area (Å²) in [5, 5.41) is 40.6. The molecule has 4 atom stereocenters. The summed E-state index contributed by atoms with van der Waals surface area (Å²) in [6.45, 7) is 9.72. The molecule has 0 unspecified atom stereocenters. The van der Waals surface area contributed by atoms with Crippen LogP contribution in [0.4, 0.5) is 0 Å². The van der Waals surface area contributed by atoms with Crippen LogP contribution in [0.3, 0.4) is 0 Å². The number of esters is 1. The number of allylic oxidation sites excluding steroid dienone is 6. The first-order chi connectivity index (χ1) is 18.4. The van der Waals surface area contributed by atoms with Crippen molar-refractivity contribution in [2.45, 2.75) is 104 Å². The van der Waals surface area contributed by atoms with Crippen molar-refractivity contribution in [3.05, 3.63) is 57.7 Å². The van der Waals surface area contributed by atoms with Crippen molar-refractivity contribution < 1.29 is 39.4 Å². The van der Waals surface area contributed by atoms with E-state index in [-0.39, 0.29) is 18.3 Å². The van der Waals surface area contributed by atoms with Gasteiger partial charge in [0.25, 0.3) is 0 Å². The lowest BCUT2D eigenvalue weighted by atomic mass is 9.99. The molecule has 1 aliphatic heterocycles. The highest BCUT2D eigenvalue weighted by Gasteiger charge is 2.39. The van der Waals surface area contributed by atoms with Gasteiger partial charge in [0, 0.05) is 12.0 Å². The largest absolute Gasteiger partial charge is 0.507 e. The van der Waals surface area contributed by atoms with Gasteiger partial charge in [-0.25, -0.2) is 0 Å². The Hall–Kier alpha value is -2.65. The van der Waals surface area contributed by atoms with Gasteiger partial charge >= 0.3 is 5.97 Å². The molecule has 0 bridgehead atoms. The van der Waals surface area contributed by atoms with E-state index in [1.54, 1.807) is 13.0 Å². The molecule has 1 fully saturated rings. The number of benzene rings is 1. The molecule has 8 nitrogen and oxygen atoms in total. The van der Waals surface area contributed by atoms with Gasteiger partial charge in [-0.15, -0.1) is 0 Å². The highest BCUT2D eigenvalue weighted by atomic mass is 16.7. The number of aromatic hydroxyl groups is 1. The summed E-state index contributed by atoms with van der Waals surface area (Å²) in [5.41, 5.74) is 5.82. The van der Waals surface area contributed by atoms with Gasteiger partial charge in [-0.1, -0.05) is 34.9 Å². The molecule has 39 heavy (non-hydrogen) atoms. The Balaban J connectivity index is 1.92. The lowest BCUT2D eigenvalue weighted by molar-refractivity contribution is -0.242. The minimum atomic E-state index is -1.39. The van der Waals surface area contributed by atoms with Gasteiger partial charge in [-0.3, -0.25) is 4.79 Å². The van der Waals surface area contributed by atoms with Crippen molar-refractivity contribution in [2.24, 2.45) is 0 Å². The maximum Gasteiger partial charge on any atom is 0.305 e. The lowest BCUT2D eigenvalue weighted by Gasteiger charge is -2.35. The van der Waals surface area contributed by atoms with Crippen molar-refractivity contribution in [3.63, 3.8) is 0 Å². The van der Waals surface area contributed by atoms with Gasteiger partial charge in [0.05, 0.1) is 13.7 Å². The molecular weight excluding hydrogens is 500 g/mol. The van der Waals surface area contributed by atoms with E-state index >= 15 is 0 Å². The summed E-state index contributed by atoms with van der Waals surface area (Å²) >= 11 is 0. The summed E-state index contributed by atoms with van der Waals surface area (Å²) < 4.78 is 15.9. The van der Waals surface area contributed by atoms with Crippen molar-refractivity contribution in [1.82, 2.24) is 0 Å². The zero-order chi connectivity index (χ0) is 29.1. The average Bonchev–Trinajstić information content (AvgIpc) is 2.91. The molecule has 0 aliphatic carbocycles. The smallest absolute Gasteiger partial charge is 0.305 e. The van der Waals surface area contributed by atoms with E-state index in [0.29, 0.717) is 35.3 Å². The summed E-state index contributed by atoms with van der Waals surface area (Å²) in [5.74, 6) is 0.474. The molecule has 2 rings (SSSR count). The number of aliphatic hydroxyl groups excluding tert-OH is 3. The van der Waals surface area contributed by atoms with Crippen LogP contribution in [0.5, 0.6) is 11.5 Å². The first-order valence-electron chi connectivity index (χ1n) is 13.6. The lowest BCUT2D eigenvalue weighted by Crippen LogP contribution is -2.54. The zero-order valence-electron chi connectivity index (χ0n) is 24.2. The number of phenolic OH excluding ortho intramolecular Hbond substituents is 1. The number of carbonyl (C=O) groups is 1. The summed E-state index contributed by atoms with van der Waals surface area (Å²) in [6.07, 6.45) is 6.92. The Kier molecular flexibility index (Phi) is 13.2. The molecule has 1 saturated heterocycles. The maximum absolute atomic E-state index is 11.3. The van der Waals surface area contributed by atoms with Crippen molar-refractivity contribution in [3.8, 4) is 11.5 Å². The maximum atomic E-state index is 11.3. The first-order valence-corrected chi connectivity index (χ1v) is 13.6. The standard InChI is InChI=1S/C31H46O8/c1-19(10-8-12-21(3)14-16-27(33)37-6)9-7-11-20(2)13-15-24-17-26(22(4)23(5)28(24)34)39-31-30(36)29(35)25(32)18-38-31/h9,12-13,17,25,29-32,34-36H,7-8,10-11,14-16,18H2,1-6H3/b19-9+,20-13+,21-12+/t25-,29+,30-,31+/m1/s1. The third kappa shape index (κ3) is 10.1. The topological polar surface area (TPSA) is 126 Å². The van der Waals surface area contributed by atoms with Gasteiger partial charge in [0.2, 0.25) is 6.29 Å². The molecule has 0 radical (unpaired) electrons. The molecule has 4 N–H and O–H groups in total. The molecule has 0 aromatic heterocycles. The van der Waals surface area contributed by atoms with Crippen LogP contribution >= 0.6 is 0 Å². The van der Waals surface area contributed by atoms with Crippen LogP contribution in [0.1, 0.15) is 76.0 Å². The third-order valence-electron chi connectivity index (χ3n) is 7.28. The average molecular weight is 547 g/mol. The predicted molar refractivity (Wildman–Crippen MR) is 151 cm³/mol. The van der Waals surface area contributed by atoms with Gasteiger partial charge < -0.3 is 34.6 Å². The zero-order valence-corrected chi connectivity index (χ0v) is 24.2. The van der Waals surface area contributed by atoms with Crippen LogP contribution in [0, 0.1) is 13.8 Å². The molecule has 1 heterocycles. The number of hydrogen-bond acceptors (Lipinski definition) is 8. The second kappa shape index (κ2) is 15.8. The van der Waals surface area contributed by atoms with Crippen LogP contribution in [0.25, 0.3) is 0 Å². The third-order valence-corrected chi connectivity index (χ3v) is 7.28. The van der Waals surface area contributed by atoms with Gasteiger partial charge in [-0.2, -0.15) is 0 Å². The second-order valence-corrected chi connectivity index (χ2v) is 10.5. The van der Waals surface area contributed by atoms with Crippen molar-refractivity contribution in [2.75, 3.05) is 13.7 Å². The Morgan fingerprint density at radius 3 is 2.13 bits per heavy atom. The predicted octanol–water partition coefficient (Wildman–Crippen LogP) is 4.72. The SMILES string of the molecule is COC(=O)CC/C(C)=C/CC/C(C)=C/CC/C(C)=C/Cc1cc(O[C@@H]2OC[C@@H](O)[C@H](O)[C@H]2O)c(C)c(C)c1O. The number of aliphatic hydroxyl groups is 3. The monoisotopic (exact) mass is 546 g/mol. The molecule has 1 aromatic rings. The minimum absolute atomic E-state index is 0.144. The van der Waals surface area contributed by atoms with E-state index in [1.165, 1.54) is 23.8 Å². The number of phenols is 1. The van der Waals surface area contributed by atoms with Crippen molar-refractivity contribution >= 4 is 5.97 Å². The summed E-state index contributed by atoms with van der Waals surface area (Å²) in [7, 11) is 1.41. The number of hydrogen-bond donors (Lipinski definition) is 4. The molecule has 1 aliphatic rings. The van der Waals surface area contributed by atoms with E-state index < -0.39 is 24.6 Å². The first kappa shape index (κ1) is 32.6. The fourth-order valence-electron chi connectivity index (χ4n) is 4.31. The normalized spacial score (nSPS) is 22.6. The second-order valence-electron chi connectivity index (χ2n) is 10.5. The molecule has 0 saturated carbocycles. The van der Waals surface area contributed by atoms with Crippen LogP contribution in [-0.2, 0) is 20.7 Å². The number of methoxy groups -OCH3 is 1. The quantitative estimate of drug-likeness (QED) is 0.207. The highest BCUT2D eigenvalue weighted by molar-refractivity contribution is 5.69. The number of ether oxygens (including phenoxy) is 3. The van der Waals surface area contributed by atoms with E-state index in [4.69, 9.17) is 9.47 Å². The number of rotatable bonds is 13. The highest BCUT2D eigenvalue weighted by Crippen LogP contribution is 2.35. The Morgan fingerprint density at radius 1 is 0.923 bits per heavy atom. The molecule has 8 heteroatoms. The van der Waals surface area contributed by atoms with E-state index in [1.807, 2.05) is 13.8 Å². The van der Waals surface area contributed by atoms with Crippen LogP contribution in [0.15, 0.2) is 41.0 Å². The van der Waals surface area contributed by atoms with E-state index in [2.05, 4.69) is 36.8 Å². The molecule has 1 aromatic carbocycles. The van der Waals surface area contributed by atoms with Gasteiger partial charge in [0.15, 0.2) is 0 Å². The van der Waals surface area contributed by atoms with Crippen molar-refractivity contribution in [1.29, 1.82) is 0 Å². The summed E-state index contributed by atoms with van der Waals surface area (Å²) in [4.78, 5) is 11.3. The van der Waals surface area contributed by atoms with E-state index in [9.17, 15) is 25.2 Å². The Labute approximate surface area is 232 Å². The Morgan fingerprint density at radius 2 is 1.51 bits per heavy atom. The van der Waals surface area contributed by atoms with Crippen LogP contribution in [-0.4, -0.2) is 64.7 Å². The molecule has 0 spiro atoms. The summed E-state index contributed by atoms with van der Waals surface area (Å²) in [6, 6.07) is 1.74.